The Balaban J connectivity index is 1.42. The van der Waals surface area contributed by atoms with Crippen molar-refractivity contribution in [2.45, 2.75) is 43.9 Å². The summed E-state index contributed by atoms with van der Waals surface area (Å²) >= 11 is 0. The van der Waals surface area contributed by atoms with E-state index in [1.807, 2.05) is 18.2 Å². The van der Waals surface area contributed by atoms with Crippen LogP contribution in [-0.2, 0) is 4.74 Å². The lowest BCUT2D eigenvalue weighted by Crippen LogP contribution is -2.39. The summed E-state index contributed by atoms with van der Waals surface area (Å²) in [5.74, 6) is 1.60. The molecule has 10 nitrogen and oxygen atoms in total. The maximum atomic E-state index is 12.6. The van der Waals surface area contributed by atoms with Gasteiger partial charge >= 0.3 is 0 Å². The molecule has 162 valence electrons. The normalized spacial score (nSPS) is 20.2. The Bertz CT molecular complexity index is 1110. The van der Waals surface area contributed by atoms with E-state index in [1.54, 1.807) is 31.1 Å². The number of nitrogens with one attached hydrogen (secondary N) is 3. The number of methoxy groups -OCH3 is 1. The third-order valence-corrected chi connectivity index (χ3v) is 5.58. The highest BCUT2D eigenvalue weighted by atomic mass is 16.5. The van der Waals surface area contributed by atoms with Gasteiger partial charge in [-0.1, -0.05) is 0 Å². The van der Waals surface area contributed by atoms with Gasteiger partial charge < -0.3 is 25.4 Å². The van der Waals surface area contributed by atoms with E-state index < -0.39 is 0 Å². The minimum Gasteiger partial charge on any atom is -0.473 e. The molecule has 3 aromatic heterocycles. The second-order valence-corrected chi connectivity index (χ2v) is 7.87. The minimum absolute atomic E-state index is 0.0799. The van der Waals surface area contributed by atoms with Crippen LogP contribution in [0.25, 0.3) is 5.65 Å². The molecule has 0 saturated heterocycles. The zero-order chi connectivity index (χ0) is 21.4. The Morgan fingerprint density at radius 1 is 1.26 bits per heavy atom. The summed E-state index contributed by atoms with van der Waals surface area (Å²) in [5, 5.41) is 13.7. The number of rotatable bonds is 8. The molecule has 0 bridgehead atoms. The fourth-order valence-electron chi connectivity index (χ4n) is 3.54. The van der Waals surface area contributed by atoms with Gasteiger partial charge in [0.05, 0.1) is 12.3 Å². The average molecular weight is 423 g/mol. The van der Waals surface area contributed by atoms with Crippen molar-refractivity contribution in [3.8, 4) is 5.88 Å². The number of hydrogen-bond donors (Lipinski definition) is 3. The first-order chi connectivity index (χ1) is 15.1. The van der Waals surface area contributed by atoms with E-state index in [0.717, 1.165) is 25.7 Å². The van der Waals surface area contributed by atoms with Crippen LogP contribution in [0.2, 0.25) is 0 Å². The highest BCUT2D eigenvalue weighted by Crippen LogP contribution is 2.32. The molecule has 2 aliphatic rings. The summed E-state index contributed by atoms with van der Waals surface area (Å²) in [4.78, 5) is 21.7. The molecule has 3 aromatic rings. The highest BCUT2D eigenvalue weighted by Gasteiger charge is 2.31. The van der Waals surface area contributed by atoms with Crippen LogP contribution in [0.3, 0.4) is 0 Å². The Morgan fingerprint density at radius 2 is 2.10 bits per heavy atom. The number of anilines is 3. The van der Waals surface area contributed by atoms with Gasteiger partial charge in [-0.25, -0.2) is 9.97 Å². The van der Waals surface area contributed by atoms with E-state index in [-0.39, 0.29) is 24.2 Å². The zero-order valence-electron chi connectivity index (χ0n) is 17.5. The number of fused-ring (bicyclic) bond motifs is 1. The summed E-state index contributed by atoms with van der Waals surface area (Å²) in [5.41, 5.74) is 1.61. The van der Waals surface area contributed by atoms with Crippen molar-refractivity contribution in [1.82, 2.24) is 24.9 Å². The molecule has 31 heavy (non-hydrogen) atoms. The minimum atomic E-state index is -0.160. The van der Waals surface area contributed by atoms with Crippen LogP contribution < -0.4 is 20.7 Å². The Kier molecular flexibility index (Phi) is 5.06. The van der Waals surface area contributed by atoms with Gasteiger partial charge in [0.1, 0.15) is 29.0 Å². The standard InChI is InChI=1S/C21H25N7O3/c1-22-18-10-17(27-19-15(11-24-28(18)19)20(29)25-12-5-6-12)26-16-4-3-7-23-21(16)31-14-8-13(9-14)30-2/h3-4,7,10-14,22H,5-6,8-9H2,1-2H3,(H,25,29)(H,26,27). The largest absolute Gasteiger partial charge is 0.473 e. The van der Waals surface area contributed by atoms with Crippen LogP contribution in [0.15, 0.2) is 30.6 Å². The van der Waals surface area contributed by atoms with Gasteiger partial charge in [-0.05, 0) is 25.0 Å². The summed E-state index contributed by atoms with van der Waals surface area (Å²) < 4.78 is 13.0. The van der Waals surface area contributed by atoms with Gasteiger partial charge in [-0.2, -0.15) is 9.61 Å². The van der Waals surface area contributed by atoms with Crippen LogP contribution in [-0.4, -0.2) is 57.9 Å². The van der Waals surface area contributed by atoms with E-state index in [1.165, 1.54) is 0 Å². The van der Waals surface area contributed by atoms with Crippen molar-refractivity contribution >= 4 is 28.9 Å². The summed E-state index contributed by atoms with van der Waals surface area (Å²) in [6, 6.07) is 5.80. The van der Waals surface area contributed by atoms with E-state index in [2.05, 4.69) is 31.0 Å². The monoisotopic (exact) mass is 423 g/mol. The molecule has 2 aliphatic carbocycles. The molecule has 10 heteroatoms. The predicted molar refractivity (Wildman–Crippen MR) is 115 cm³/mol. The van der Waals surface area contributed by atoms with E-state index in [9.17, 15) is 4.79 Å². The number of nitrogens with zero attached hydrogens (tertiary/aromatic N) is 4. The van der Waals surface area contributed by atoms with Gasteiger partial charge in [0.2, 0.25) is 5.88 Å². The maximum absolute atomic E-state index is 12.6. The first-order valence-corrected chi connectivity index (χ1v) is 10.4. The Morgan fingerprint density at radius 3 is 2.84 bits per heavy atom. The number of hydrogen-bond acceptors (Lipinski definition) is 8. The molecule has 2 saturated carbocycles. The maximum Gasteiger partial charge on any atom is 0.256 e. The molecule has 0 radical (unpaired) electrons. The predicted octanol–water partition coefficient (Wildman–Crippen LogP) is 2.36. The van der Waals surface area contributed by atoms with Crippen LogP contribution in [0.4, 0.5) is 17.3 Å². The zero-order valence-corrected chi connectivity index (χ0v) is 17.5. The van der Waals surface area contributed by atoms with E-state index in [4.69, 9.17) is 9.47 Å². The van der Waals surface area contributed by atoms with Crippen LogP contribution in [0.5, 0.6) is 5.88 Å². The number of carbonyl (C=O) groups is 1. The molecule has 0 aliphatic heterocycles. The van der Waals surface area contributed by atoms with Crippen molar-refractivity contribution in [1.29, 1.82) is 0 Å². The quantitative estimate of drug-likeness (QED) is 0.506. The van der Waals surface area contributed by atoms with Crippen molar-refractivity contribution < 1.29 is 14.3 Å². The fourth-order valence-corrected chi connectivity index (χ4v) is 3.54. The van der Waals surface area contributed by atoms with E-state index in [0.29, 0.717) is 34.4 Å². The number of aromatic nitrogens is 4. The summed E-state index contributed by atoms with van der Waals surface area (Å²) in [6.45, 7) is 0. The summed E-state index contributed by atoms with van der Waals surface area (Å²) in [6.07, 6.45) is 7.29. The van der Waals surface area contributed by atoms with Crippen molar-refractivity contribution in [2.24, 2.45) is 0 Å². The van der Waals surface area contributed by atoms with Gasteiger partial charge in [0.25, 0.3) is 5.91 Å². The highest BCUT2D eigenvalue weighted by molar-refractivity contribution is 6.00. The lowest BCUT2D eigenvalue weighted by Gasteiger charge is -2.34. The smallest absolute Gasteiger partial charge is 0.256 e. The Hall–Kier alpha value is -3.40. The average Bonchev–Trinajstić information content (AvgIpc) is 3.46. The molecule has 0 spiro atoms. The van der Waals surface area contributed by atoms with Gasteiger partial charge in [0.15, 0.2) is 5.65 Å². The number of pyridine rings is 1. The third-order valence-electron chi connectivity index (χ3n) is 5.58. The molecule has 1 amide bonds. The fraction of sp³-hybridized carbons (Fsp3) is 0.429. The third kappa shape index (κ3) is 3.98. The molecule has 0 unspecified atom stereocenters. The molecule has 3 heterocycles. The topological polar surface area (TPSA) is 115 Å². The number of ether oxygens (including phenoxy) is 2. The van der Waals surface area contributed by atoms with E-state index >= 15 is 0 Å². The lowest BCUT2D eigenvalue weighted by atomic mass is 9.92. The second-order valence-electron chi connectivity index (χ2n) is 7.87. The first-order valence-electron chi connectivity index (χ1n) is 10.4. The van der Waals surface area contributed by atoms with Crippen LogP contribution in [0, 0.1) is 0 Å². The van der Waals surface area contributed by atoms with Crippen LogP contribution >= 0.6 is 0 Å². The number of carbonyl (C=O) groups excluding carboxylic acids is 1. The van der Waals surface area contributed by atoms with Gasteiger partial charge in [0, 0.05) is 45.3 Å². The molecule has 3 N–H and O–H groups in total. The number of amides is 1. The molecular formula is C21H25N7O3. The summed E-state index contributed by atoms with van der Waals surface area (Å²) in [7, 11) is 3.51. The molecule has 0 atom stereocenters. The molecular weight excluding hydrogens is 398 g/mol. The van der Waals surface area contributed by atoms with Crippen LogP contribution in [0.1, 0.15) is 36.0 Å². The van der Waals surface area contributed by atoms with Gasteiger partial charge in [-0.15, -0.1) is 0 Å². The molecule has 2 fully saturated rings. The van der Waals surface area contributed by atoms with Crippen molar-refractivity contribution in [2.75, 3.05) is 24.8 Å². The molecule has 0 aromatic carbocycles. The Labute approximate surface area is 179 Å². The van der Waals surface area contributed by atoms with Gasteiger partial charge in [-0.3, -0.25) is 4.79 Å². The van der Waals surface area contributed by atoms with Crippen molar-refractivity contribution in [3.05, 3.63) is 36.2 Å². The first kappa shape index (κ1) is 19.6. The second kappa shape index (κ2) is 8.03. The molecule has 5 rings (SSSR count). The lowest BCUT2D eigenvalue weighted by molar-refractivity contribution is -0.0393. The SMILES string of the molecule is CNc1cc(Nc2cccnc2OC2CC(OC)C2)nc2c(C(=O)NC3CC3)cnn12. The van der Waals surface area contributed by atoms with Crippen molar-refractivity contribution in [3.63, 3.8) is 0 Å².